The van der Waals surface area contributed by atoms with Gasteiger partial charge in [0.25, 0.3) is 5.91 Å². The van der Waals surface area contributed by atoms with E-state index in [0.29, 0.717) is 22.6 Å². The van der Waals surface area contributed by atoms with Crippen LogP contribution in [0, 0.1) is 11.3 Å². The number of ether oxygens (including phenoxy) is 1. The maximum absolute atomic E-state index is 12.5. The number of aryl methyl sites for hydroxylation is 1. The summed E-state index contributed by atoms with van der Waals surface area (Å²) in [6.07, 6.45) is -1.51. The van der Waals surface area contributed by atoms with Gasteiger partial charge in [-0.25, -0.2) is 4.79 Å². The van der Waals surface area contributed by atoms with Crippen LogP contribution in [0.4, 0.5) is 4.79 Å². The molecule has 9 heteroatoms. The molecule has 2 unspecified atom stereocenters. The van der Waals surface area contributed by atoms with Crippen LogP contribution in [0.25, 0.3) is 0 Å². The lowest BCUT2D eigenvalue weighted by atomic mass is 10.1. The fourth-order valence-corrected chi connectivity index (χ4v) is 3.05. The monoisotopic (exact) mass is 442 g/mol. The van der Waals surface area contributed by atoms with Crippen molar-refractivity contribution < 1.29 is 19.1 Å². The van der Waals surface area contributed by atoms with Crippen LogP contribution in [0.15, 0.2) is 48.5 Å². The van der Waals surface area contributed by atoms with Gasteiger partial charge in [0, 0.05) is 11.6 Å². The molecule has 0 saturated heterocycles. The Balaban J connectivity index is 1.94. The Morgan fingerprint density at radius 3 is 2.52 bits per heavy atom. The first-order valence-electron chi connectivity index (χ1n) is 9.56. The lowest BCUT2D eigenvalue weighted by Gasteiger charge is -2.20. The highest BCUT2D eigenvalue weighted by atomic mass is 35.5. The highest BCUT2D eigenvalue weighted by Gasteiger charge is 2.25. The summed E-state index contributed by atoms with van der Waals surface area (Å²) in [4.78, 5) is 36.1. The highest BCUT2D eigenvalue weighted by Crippen LogP contribution is 2.15. The molecule has 0 spiro atoms. The molecule has 2 atom stereocenters. The summed E-state index contributed by atoms with van der Waals surface area (Å²) >= 11 is 5.94. The molecule has 0 heterocycles. The third kappa shape index (κ3) is 7.64. The van der Waals surface area contributed by atoms with E-state index in [4.69, 9.17) is 27.3 Å². The van der Waals surface area contributed by atoms with Crippen molar-refractivity contribution in [1.82, 2.24) is 10.6 Å². The zero-order chi connectivity index (χ0) is 22.8. The average molecular weight is 443 g/mol. The summed E-state index contributed by atoms with van der Waals surface area (Å²) in [7, 11) is 0. The van der Waals surface area contributed by atoms with Crippen molar-refractivity contribution in [2.24, 2.45) is 5.73 Å². The van der Waals surface area contributed by atoms with E-state index in [1.807, 2.05) is 36.4 Å². The largest absolute Gasteiger partial charge is 0.436 e. The lowest BCUT2D eigenvalue weighted by Crippen LogP contribution is -2.49. The van der Waals surface area contributed by atoms with Gasteiger partial charge >= 0.3 is 6.09 Å². The van der Waals surface area contributed by atoms with Crippen LogP contribution in [-0.4, -0.2) is 30.1 Å². The normalized spacial score (nSPS) is 12.2. The van der Waals surface area contributed by atoms with Gasteiger partial charge in [0.05, 0.1) is 11.6 Å². The molecule has 0 aromatic heterocycles. The third-order valence-corrected chi connectivity index (χ3v) is 4.72. The van der Waals surface area contributed by atoms with E-state index in [-0.39, 0.29) is 13.0 Å². The van der Waals surface area contributed by atoms with Gasteiger partial charge in [-0.05, 0) is 49.1 Å². The minimum Gasteiger partial charge on any atom is -0.436 e. The number of primary amides is 1. The number of nitrogens with two attached hydrogens (primary N) is 1. The first-order valence-corrected chi connectivity index (χ1v) is 9.94. The Hall–Kier alpha value is -3.57. The zero-order valence-corrected chi connectivity index (χ0v) is 17.7. The number of rotatable bonds is 9. The van der Waals surface area contributed by atoms with Gasteiger partial charge in [0.15, 0.2) is 6.10 Å². The van der Waals surface area contributed by atoms with Crippen molar-refractivity contribution in [2.45, 2.75) is 38.5 Å². The minimum absolute atomic E-state index is 0.0672. The SMILES string of the molecule is CC(NC(=O)C(CCc1ccccc1)OC(N)=O)C(=O)NCc1cc(Cl)ccc1C#N. The molecule has 0 fully saturated rings. The molecule has 0 aliphatic carbocycles. The molecule has 0 aliphatic heterocycles. The smallest absolute Gasteiger partial charge is 0.405 e. The predicted molar refractivity (Wildman–Crippen MR) is 115 cm³/mol. The summed E-state index contributed by atoms with van der Waals surface area (Å²) in [5.41, 5.74) is 6.99. The Kier molecular flexibility index (Phi) is 8.85. The topological polar surface area (TPSA) is 134 Å². The number of carbonyl (C=O) groups excluding carboxylic acids is 3. The van der Waals surface area contributed by atoms with Crippen LogP contribution in [0.1, 0.15) is 30.0 Å². The Labute approximate surface area is 185 Å². The number of carbonyl (C=O) groups is 3. The van der Waals surface area contributed by atoms with Crippen molar-refractivity contribution in [1.29, 1.82) is 5.26 Å². The number of nitrogens with one attached hydrogen (secondary N) is 2. The van der Waals surface area contributed by atoms with Crippen LogP contribution in [-0.2, 0) is 27.3 Å². The van der Waals surface area contributed by atoms with Crippen molar-refractivity contribution in [3.05, 3.63) is 70.2 Å². The fraction of sp³-hybridized carbons (Fsp3) is 0.273. The summed E-state index contributed by atoms with van der Waals surface area (Å²) in [6.45, 7) is 1.56. The predicted octanol–water partition coefficient (Wildman–Crippen LogP) is 2.43. The lowest BCUT2D eigenvalue weighted by molar-refractivity contribution is -0.134. The molecule has 0 bridgehead atoms. The maximum atomic E-state index is 12.5. The number of benzene rings is 2. The standard InChI is InChI=1S/C22H23ClN4O4/c1-14(20(28)26-13-17-11-18(23)9-8-16(17)12-24)27-21(29)19(31-22(25)30)10-7-15-5-3-2-4-6-15/h2-6,8-9,11,14,19H,7,10,13H2,1H3,(H2,25,30)(H,26,28)(H,27,29). The van der Waals surface area contributed by atoms with E-state index < -0.39 is 30.1 Å². The number of amides is 3. The van der Waals surface area contributed by atoms with Crippen molar-refractivity contribution in [3.63, 3.8) is 0 Å². The molecule has 8 nitrogen and oxygen atoms in total. The first-order chi connectivity index (χ1) is 14.8. The molecular weight excluding hydrogens is 420 g/mol. The Morgan fingerprint density at radius 2 is 1.87 bits per heavy atom. The fourth-order valence-electron chi connectivity index (χ4n) is 2.85. The van der Waals surface area contributed by atoms with E-state index >= 15 is 0 Å². The van der Waals surface area contributed by atoms with E-state index in [2.05, 4.69) is 10.6 Å². The summed E-state index contributed by atoms with van der Waals surface area (Å²) in [5, 5.41) is 14.8. The van der Waals surface area contributed by atoms with Crippen LogP contribution >= 0.6 is 11.6 Å². The number of nitrogens with zero attached hydrogens (tertiary/aromatic N) is 1. The van der Waals surface area contributed by atoms with E-state index in [0.717, 1.165) is 5.56 Å². The molecule has 2 aromatic rings. The number of hydrogen-bond donors (Lipinski definition) is 3. The van der Waals surface area contributed by atoms with Crippen LogP contribution in [0.3, 0.4) is 0 Å². The molecule has 0 saturated carbocycles. The van der Waals surface area contributed by atoms with Crippen molar-refractivity contribution >= 4 is 29.5 Å². The number of halogens is 1. The Bertz CT molecular complexity index is 975. The average Bonchev–Trinajstić information content (AvgIpc) is 2.75. The van der Waals surface area contributed by atoms with E-state index in [1.165, 1.54) is 6.92 Å². The number of nitriles is 1. The van der Waals surface area contributed by atoms with Crippen molar-refractivity contribution in [2.75, 3.05) is 0 Å². The molecule has 2 rings (SSSR count). The first kappa shape index (κ1) is 23.7. The van der Waals surface area contributed by atoms with Crippen LogP contribution in [0.5, 0.6) is 0 Å². The minimum atomic E-state index is -1.13. The molecule has 3 amide bonds. The zero-order valence-electron chi connectivity index (χ0n) is 16.9. The van der Waals surface area contributed by atoms with Gasteiger partial charge < -0.3 is 21.1 Å². The summed E-state index contributed by atoms with van der Waals surface area (Å²) in [6, 6.07) is 15.2. The second-order valence-electron chi connectivity index (χ2n) is 6.81. The Morgan fingerprint density at radius 1 is 1.16 bits per heavy atom. The quantitative estimate of drug-likeness (QED) is 0.548. The molecule has 31 heavy (non-hydrogen) atoms. The van der Waals surface area contributed by atoms with E-state index in [1.54, 1.807) is 18.2 Å². The molecule has 0 aliphatic rings. The number of hydrogen-bond acceptors (Lipinski definition) is 5. The van der Waals surface area contributed by atoms with Gasteiger partial charge in [0.2, 0.25) is 5.91 Å². The maximum Gasteiger partial charge on any atom is 0.405 e. The molecule has 162 valence electrons. The molecule has 2 aromatic carbocycles. The molecular formula is C22H23ClN4O4. The summed E-state index contributed by atoms with van der Waals surface area (Å²) < 4.78 is 4.93. The van der Waals surface area contributed by atoms with Gasteiger partial charge in [-0.2, -0.15) is 5.26 Å². The van der Waals surface area contributed by atoms with Gasteiger partial charge in [-0.1, -0.05) is 41.9 Å². The second-order valence-corrected chi connectivity index (χ2v) is 7.25. The highest BCUT2D eigenvalue weighted by molar-refractivity contribution is 6.30. The molecule has 4 N–H and O–H groups in total. The third-order valence-electron chi connectivity index (χ3n) is 4.48. The van der Waals surface area contributed by atoms with Gasteiger partial charge in [-0.3, -0.25) is 9.59 Å². The van der Waals surface area contributed by atoms with Crippen LogP contribution < -0.4 is 16.4 Å². The summed E-state index contributed by atoms with van der Waals surface area (Å²) in [5.74, 6) is -1.10. The van der Waals surface area contributed by atoms with Gasteiger partial charge in [-0.15, -0.1) is 0 Å². The molecule has 0 radical (unpaired) electrons. The van der Waals surface area contributed by atoms with Crippen molar-refractivity contribution in [3.8, 4) is 6.07 Å². The second kappa shape index (κ2) is 11.6. The van der Waals surface area contributed by atoms with E-state index in [9.17, 15) is 14.4 Å². The van der Waals surface area contributed by atoms with Gasteiger partial charge in [0.1, 0.15) is 6.04 Å². The van der Waals surface area contributed by atoms with Crippen LogP contribution in [0.2, 0.25) is 5.02 Å².